The zero-order valence-corrected chi connectivity index (χ0v) is 16.9. The first kappa shape index (κ1) is 19.2. The van der Waals surface area contributed by atoms with E-state index in [0.29, 0.717) is 30.1 Å². The molecule has 8 nitrogen and oxygen atoms in total. The lowest BCUT2D eigenvalue weighted by Gasteiger charge is -2.46. The highest BCUT2D eigenvalue weighted by Gasteiger charge is 2.32. The third kappa shape index (κ3) is 3.85. The van der Waals surface area contributed by atoms with Crippen LogP contribution in [0.2, 0.25) is 5.15 Å². The molecule has 0 bridgehead atoms. The molecule has 0 aromatic carbocycles. The molecule has 9 heteroatoms. The lowest BCUT2D eigenvalue weighted by atomic mass is 10.1. The van der Waals surface area contributed by atoms with Crippen molar-refractivity contribution in [2.24, 2.45) is 0 Å². The van der Waals surface area contributed by atoms with Crippen molar-refractivity contribution in [1.82, 2.24) is 19.7 Å². The molecule has 2 aromatic heterocycles. The molecule has 2 aromatic rings. The summed E-state index contributed by atoms with van der Waals surface area (Å²) in [7, 11) is 0. The highest BCUT2D eigenvalue weighted by molar-refractivity contribution is 6.29. The molecule has 1 N–H and O–H groups in total. The van der Waals surface area contributed by atoms with Gasteiger partial charge in [0.05, 0.1) is 31.1 Å². The standard InChI is InChI=1S/C19H25ClN6O2/c1-3-26-19(27)16(8-17(20)23-26)22-18-5-4-14(9-21-18)25-7-6-24(10-13(25)2)15-11-28-12-15/h4-5,8-9,13,15H,3,6-7,10-12H2,1-2H3,(H,21,22)/t13-/m0/s1. The maximum Gasteiger partial charge on any atom is 0.290 e. The number of nitrogens with one attached hydrogen (secondary N) is 1. The topological polar surface area (TPSA) is 75.5 Å². The van der Waals surface area contributed by atoms with E-state index in [9.17, 15) is 4.79 Å². The molecule has 2 aliphatic rings. The van der Waals surface area contributed by atoms with E-state index in [-0.39, 0.29) is 10.7 Å². The number of nitrogens with zero attached hydrogens (tertiary/aromatic N) is 5. The van der Waals surface area contributed by atoms with E-state index in [1.165, 1.54) is 10.7 Å². The first-order chi connectivity index (χ1) is 13.5. The molecule has 1 atom stereocenters. The Morgan fingerprint density at radius 1 is 1.32 bits per heavy atom. The SMILES string of the molecule is CCn1nc(Cl)cc(Nc2ccc(N3CCN(C4COC4)C[C@@H]3C)cn2)c1=O. The van der Waals surface area contributed by atoms with Gasteiger partial charge < -0.3 is 15.0 Å². The molecule has 2 fully saturated rings. The van der Waals surface area contributed by atoms with Gasteiger partial charge in [0.15, 0.2) is 5.15 Å². The maximum atomic E-state index is 12.4. The summed E-state index contributed by atoms with van der Waals surface area (Å²) in [4.78, 5) is 21.7. The van der Waals surface area contributed by atoms with Crippen LogP contribution in [0.15, 0.2) is 29.2 Å². The van der Waals surface area contributed by atoms with Gasteiger partial charge in [-0.05, 0) is 26.0 Å². The lowest BCUT2D eigenvalue weighted by Crippen LogP contribution is -2.59. The Kier molecular flexibility index (Phi) is 5.52. The Bertz CT molecular complexity index is 883. The number of anilines is 3. The number of pyridine rings is 1. The molecule has 2 saturated heterocycles. The van der Waals surface area contributed by atoms with Crippen molar-refractivity contribution in [1.29, 1.82) is 0 Å². The van der Waals surface area contributed by atoms with Crippen LogP contribution >= 0.6 is 11.6 Å². The quantitative estimate of drug-likeness (QED) is 0.816. The average molecular weight is 405 g/mol. The second kappa shape index (κ2) is 8.06. The Hall–Kier alpha value is -2.16. The number of halogens is 1. The van der Waals surface area contributed by atoms with E-state index >= 15 is 0 Å². The van der Waals surface area contributed by atoms with E-state index in [4.69, 9.17) is 16.3 Å². The fourth-order valence-electron chi connectivity index (χ4n) is 3.72. The van der Waals surface area contributed by atoms with E-state index in [0.717, 1.165) is 38.5 Å². The Morgan fingerprint density at radius 2 is 2.14 bits per heavy atom. The fraction of sp³-hybridized carbons (Fsp3) is 0.526. The normalized spacial score (nSPS) is 20.8. The minimum Gasteiger partial charge on any atom is -0.378 e. The number of rotatable bonds is 5. The van der Waals surface area contributed by atoms with Crippen molar-refractivity contribution in [3.8, 4) is 0 Å². The molecule has 0 radical (unpaired) electrons. The van der Waals surface area contributed by atoms with Crippen molar-refractivity contribution >= 4 is 28.8 Å². The second-order valence-corrected chi connectivity index (χ2v) is 7.64. The summed E-state index contributed by atoms with van der Waals surface area (Å²) in [5.41, 5.74) is 1.23. The van der Waals surface area contributed by atoms with Crippen LogP contribution in [0.4, 0.5) is 17.2 Å². The molecule has 2 aliphatic heterocycles. The van der Waals surface area contributed by atoms with Crippen molar-refractivity contribution in [3.05, 3.63) is 39.9 Å². The second-order valence-electron chi connectivity index (χ2n) is 7.26. The van der Waals surface area contributed by atoms with Crippen LogP contribution in [0.3, 0.4) is 0 Å². The van der Waals surface area contributed by atoms with E-state index in [2.05, 4.69) is 32.1 Å². The van der Waals surface area contributed by atoms with Gasteiger partial charge >= 0.3 is 0 Å². The van der Waals surface area contributed by atoms with Crippen molar-refractivity contribution in [3.63, 3.8) is 0 Å². The summed E-state index contributed by atoms with van der Waals surface area (Å²) in [5, 5.41) is 7.32. The summed E-state index contributed by atoms with van der Waals surface area (Å²) in [5.74, 6) is 0.601. The van der Waals surface area contributed by atoms with Gasteiger partial charge in [0.2, 0.25) is 0 Å². The van der Waals surface area contributed by atoms with Gasteiger partial charge in [0, 0.05) is 38.3 Å². The fourth-order valence-corrected chi connectivity index (χ4v) is 3.92. The maximum absolute atomic E-state index is 12.4. The lowest BCUT2D eigenvalue weighted by molar-refractivity contribution is -0.0691. The highest BCUT2D eigenvalue weighted by atomic mass is 35.5. The average Bonchev–Trinajstić information content (AvgIpc) is 2.64. The Balaban J connectivity index is 1.44. The van der Waals surface area contributed by atoms with Gasteiger partial charge in [-0.15, -0.1) is 0 Å². The first-order valence-corrected chi connectivity index (χ1v) is 10.0. The molecule has 0 saturated carbocycles. The summed E-state index contributed by atoms with van der Waals surface area (Å²) in [6.45, 7) is 9.28. The number of piperazine rings is 1. The van der Waals surface area contributed by atoms with Crippen molar-refractivity contribution in [2.75, 3.05) is 43.1 Å². The van der Waals surface area contributed by atoms with E-state index in [1.807, 2.05) is 25.3 Å². The predicted octanol–water partition coefficient (Wildman–Crippen LogP) is 1.96. The molecule has 4 rings (SSSR count). The summed E-state index contributed by atoms with van der Waals surface area (Å²) < 4.78 is 6.65. The Labute approximate surface area is 169 Å². The van der Waals surface area contributed by atoms with Gasteiger partial charge in [-0.3, -0.25) is 9.69 Å². The molecule has 0 aliphatic carbocycles. The van der Waals surface area contributed by atoms with Gasteiger partial charge in [-0.2, -0.15) is 5.10 Å². The molecule has 0 amide bonds. The summed E-state index contributed by atoms with van der Waals surface area (Å²) in [6, 6.07) is 6.43. The van der Waals surface area contributed by atoms with Crippen LogP contribution in [0.5, 0.6) is 0 Å². The Morgan fingerprint density at radius 3 is 2.75 bits per heavy atom. The number of aromatic nitrogens is 3. The van der Waals surface area contributed by atoms with Crippen molar-refractivity contribution < 1.29 is 4.74 Å². The zero-order valence-electron chi connectivity index (χ0n) is 16.1. The molecule has 150 valence electrons. The number of hydrogen-bond acceptors (Lipinski definition) is 7. The summed E-state index contributed by atoms with van der Waals surface area (Å²) >= 11 is 6.01. The monoisotopic (exact) mass is 404 g/mol. The third-order valence-electron chi connectivity index (χ3n) is 5.38. The minimum absolute atomic E-state index is 0.220. The number of hydrogen-bond donors (Lipinski definition) is 1. The molecule has 0 spiro atoms. The van der Waals surface area contributed by atoms with Crippen LogP contribution in [0, 0.1) is 0 Å². The van der Waals surface area contributed by atoms with E-state index in [1.54, 1.807) is 0 Å². The van der Waals surface area contributed by atoms with Crippen molar-refractivity contribution in [2.45, 2.75) is 32.5 Å². The molecule has 4 heterocycles. The largest absolute Gasteiger partial charge is 0.378 e. The van der Waals surface area contributed by atoms with Gasteiger partial charge in [-0.1, -0.05) is 11.6 Å². The molecular weight excluding hydrogens is 380 g/mol. The van der Waals surface area contributed by atoms with Crippen LogP contribution in [-0.2, 0) is 11.3 Å². The van der Waals surface area contributed by atoms with Gasteiger partial charge in [-0.25, -0.2) is 9.67 Å². The zero-order chi connectivity index (χ0) is 19.7. The molecule has 0 unspecified atom stereocenters. The van der Waals surface area contributed by atoms with Gasteiger partial charge in [0.1, 0.15) is 11.5 Å². The molecular formula is C19H25ClN6O2. The van der Waals surface area contributed by atoms with Crippen LogP contribution < -0.4 is 15.8 Å². The van der Waals surface area contributed by atoms with Crippen LogP contribution in [-0.4, -0.2) is 64.6 Å². The summed E-state index contributed by atoms with van der Waals surface area (Å²) in [6.07, 6.45) is 1.85. The molecule has 28 heavy (non-hydrogen) atoms. The predicted molar refractivity (Wildman–Crippen MR) is 110 cm³/mol. The first-order valence-electron chi connectivity index (χ1n) is 9.64. The highest BCUT2D eigenvalue weighted by Crippen LogP contribution is 2.24. The minimum atomic E-state index is -0.220. The van der Waals surface area contributed by atoms with Crippen LogP contribution in [0.25, 0.3) is 0 Å². The third-order valence-corrected chi connectivity index (χ3v) is 5.57. The number of aryl methyl sites for hydroxylation is 1. The number of ether oxygens (including phenoxy) is 1. The van der Waals surface area contributed by atoms with Crippen LogP contribution in [0.1, 0.15) is 13.8 Å². The van der Waals surface area contributed by atoms with Gasteiger partial charge in [0.25, 0.3) is 5.56 Å². The smallest absolute Gasteiger partial charge is 0.290 e. The van der Waals surface area contributed by atoms with E-state index < -0.39 is 0 Å².